The molecule has 1 aromatic carbocycles. The number of nitrogens with one attached hydrogen (secondary N) is 1. The summed E-state index contributed by atoms with van der Waals surface area (Å²) in [5.74, 6) is 0.263. The lowest BCUT2D eigenvalue weighted by Gasteiger charge is -2.32. The van der Waals surface area contributed by atoms with Crippen LogP contribution in [0.3, 0.4) is 0 Å². The fraction of sp³-hybridized carbons (Fsp3) is 0.600. The minimum absolute atomic E-state index is 0. The maximum atomic E-state index is 11.7. The van der Waals surface area contributed by atoms with Crippen molar-refractivity contribution < 1.29 is 20.5 Å². The van der Waals surface area contributed by atoms with Gasteiger partial charge in [-0.1, -0.05) is 57.4 Å². The third-order valence-corrected chi connectivity index (χ3v) is 4.72. The molecule has 1 heterocycles. The number of carbonyl (C=O) groups excluding carboxylic acids is 2. The monoisotopic (exact) mass is 349 g/mol. The van der Waals surface area contributed by atoms with E-state index in [1.807, 2.05) is 26.0 Å². The predicted molar refractivity (Wildman–Crippen MR) is 98.4 cm³/mol. The second kappa shape index (κ2) is 9.44. The van der Waals surface area contributed by atoms with Crippen LogP contribution >= 0.6 is 0 Å². The summed E-state index contributed by atoms with van der Waals surface area (Å²) in [4.78, 5) is 22.8. The smallest absolute Gasteiger partial charge is 0.408 e. The molecule has 1 saturated heterocycles. The van der Waals surface area contributed by atoms with Crippen molar-refractivity contribution in [2.75, 3.05) is 0 Å². The maximum absolute atomic E-state index is 11.7. The standard InChI is InChI=1S/C18H23NO4.C2H6.H2/c1-12-16(17(20)23-12)19-18(21)22-11-13-7-9-15(10-8-13)14-5-3-2-4-6-14;1-2;/h7-10,12,14,16H,2-6,11H2,1H3,(H,19,21);1-2H3;1H/t12-,16+;;/m0../s1. The summed E-state index contributed by atoms with van der Waals surface area (Å²) in [7, 11) is 0. The second-order valence-electron chi connectivity index (χ2n) is 6.42. The molecule has 5 heteroatoms. The van der Waals surface area contributed by atoms with Gasteiger partial charge in [-0.05, 0) is 36.8 Å². The number of rotatable bonds is 4. The molecule has 25 heavy (non-hydrogen) atoms. The van der Waals surface area contributed by atoms with E-state index in [4.69, 9.17) is 9.47 Å². The first-order chi connectivity index (χ1) is 12.1. The molecular formula is C20H31NO4. The first kappa shape index (κ1) is 19.3. The Hall–Kier alpha value is -2.04. The molecule has 140 valence electrons. The number of amides is 1. The minimum Gasteiger partial charge on any atom is -0.458 e. The normalized spacial score (nSPS) is 22.8. The van der Waals surface area contributed by atoms with Gasteiger partial charge in [0.15, 0.2) is 6.04 Å². The van der Waals surface area contributed by atoms with E-state index >= 15 is 0 Å². The number of carbonyl (C=O) groups is 2. The Bertz CT molecular complexity index is 570. The van der Waals surface area contributed by atoms with E-state index in [0.29, 0.717) is 5.92 Å². The van der Waals surface area contributed by atoms with Crippen LogP contribution in [0.5, 0.6) is 0 Å². The first-order valence-electron chi connectivity index (χ1n) is 9.36. The highest BCUT2D eigenvalue weighted by molar-refractivity contribution is 5.86. The predicted octanol–water partition coefficient (Wildman–Crippen LogP) is 4.55. The molecule has 0 bridgehead atoms. The van der Waals surface area contributed by atoms with Crippen LogP contribution in [-0.2, 0) is 20.9 Å². The van der Waals surface area contributed by atoms with Crippen LogP contribution in [0.2, 0.25) is 0 Å². The number of benzene rings is 1. The van der Waals surface area contributed by atoms with Gasteiger partial charge in [0.05, 0.1) is 0 Å². The minimum atomic E-state index is -0.588. The molecule has 0 spiro atoms. The van der Waals surface area contributed by atoms with Gasteiger partial charge >= 0.3 is 12.1 Å². The molecule has 1 saturated carbocycles. The van der Waals surface area contributed by atoms with Crippen LogP contribution in [0.1, 0.15) is 71.3 Å². The Morgan fingerprint density at radius 3 is 2.40 bits per heavy atom. The van der Waals surface area contributed by atoms with Crippen molar-refractivity contribution in [3.63, 3.8) is 0 Å². The zero-order valence-corrected chi connectivity index (χ0v) is 15.4. The van der Waals surface area contributed by atoms with Crippen LogP contribution in [0.4, 0.5) is 4.79 Å². The fourth-order valence-corrected chi connectivity index (χ4v) is 3.26. The second-order valence-corrected chi connectivity index (χ2v) is 6.42. The number of hydrogen-bond donors (Lipinski definition) is 1. The molecule has 0 aromatic heterocycles. The number of hydrogen-bond acceptors (Lipinski definition) is 4. The zero-order valence-electron chi connectivity index (χ0n) is 15.4. The average Bonchev–Trinajstić information content (AvgIpc) is 2.67. The molecule has 1 amide bonds. The lowest BCUT2D eigenvalue weighted by Crippen LogP contribution is -2.58. The van der Waals surface area contributed by atoms with E-state index in [2.05, 4.69) is 17.4 Å². The Morgan fingerprint density at radius 2 is 1.84 bits per heavy atom. The Balaban J connectivity index is 0.00000109. The number of ether oxygens (including phenoxy) is 2. The van der Waals surface area contributed by atoms with Crippen molar-refractivity contribution in [3.05, 3.63) is 35.4 Å². The van der Waals surface area contributed by atoms with Gasteiger partial charge in [0.2, 0.25) is 0 Å². The molecule has 1 aliphatic heterocycles. The van der Waals surface area contributed by atoms with Crippen molar-refractivity contribution in [2.24, 2.45) is 0 Å². The van der Waals surface area contributed by atoms with Gasteiger partial charge in [-0.2, -0.15) is 0 Å². The summed E-state index contributed by atoms with van der Waals surface area (Å²) < 4.78 is 9.94. The summed E-state index contributed by atoms with van der Waals surface area (Å²) >= 11 is 0. The summed E-state index contributed by atoms with van der Waals surface area (Å²) in [6.45, 7) is 5.93. The molecule has 1 aromatic rings. The van der Waals surface area contributed by atoms with E-state index in [9.17, 15) is 9.59 Å². The van der Waals surface area contributed by atoms with Crippen LogP contribution in [-0.4, -0.2) is 24.2 Å². The van der Waals surface area contributed by atoms with E-state index in [0.717, 1.165) is 5.56 Å². The molecule has 1 aliphatic carbocycles. The van der Waals surface area contributed by atoms with E-state index in [1.54, 1.807) is 6.92 Å². The third-order valence-electron chi connectivity index (χ3n) is 4.72. The Labute approximate surface area is 151 Å². The number of cyclic esters (lactones) is 1. The van der Waals surface area contributed by atoms with Crippen LogP contribution in [0.25, 0.3) is 0 Å². The molecule has 5 nitrogen and oxygen atoms in total. The van der Waals surface area contributed by atoms with Crippen molar-refractivity contribution in [3.8, 4) is 0 Å². The van der Waals surface area contributed by atoms with Gasteiger partial charge in [0, 0.05) is 1.43 Å². The van der Waals surface area contributed by atoms with Crippen molar-refractivity contribution in [1.29, 1.82) is 0 Å². The molecule has 0 unspecified atom stereocenters. The van der Waals surface area contributed by atoms with Gasteiger partial charge < -0.3 is 14.8 Å². The molecule has 1 N–H and O–H groups in total. The molecule has 3 rings (SSSR count). The molecule has 2 atom stereocenters. The average molecular weight is 349 g/mol. The highest BCUT2D eigenvalue weighted by Crippen LogP contribution is 2.32. The van der Waals surface area contributed by atoms with Gasteiger partial charge in [0.1, 0.15) is 12.7 Å². The topological polar surface area (TPSA) is 64.6 Å². The number of esters is 1. The molecule has 0 radical (unpaired) electrons. The van der Waals surface area contributed by atoms with Crippen LogP contribution in [0, 0.1) is 0 Å². The lowest BCUT2D eigenvalue weighted by atomic mass is 9.84. The SMILES string of the molecule is CC.C[C@@H]1OC(=O)[C@@H]1NC(=O)OCc1ccc(C2CCCCC2)cc1.[HH]. The highest BCUT2D eigenvalue weighted by atomic mass is 16.6. The summed E-state index contributed by atoms with van der Waals surface area (Å²) in [6.07, 6.45) is 5.65. The lowest BCUT2D eigenvalue weighted by molar-refractivity contribution is -0.174. The van der Waals surface area contributed by atoms with Crippen LogP contribution < -0.4 is 5.32 Å². The number of alkyl carbamates (subject to hydrolysis) is 1. The first-order valence-corrected chi connectivity index (χ1v) is 9.36. The summed E-state index contributed by atoms with van der Waals surface area (Å²) in [5.41, 5.74) is 2.33. The zero-order chi connectivity index (χ0) is 18.2. The van der Waals surface area contributed by atoms with Crippen molar-refractivity contribution >= 4 is 12.1 Å². The van der Waals surface area contributed by atoms with Crippen molar-refractivity contribution in [2.45, 2.75) is 77.5 Å². The van der Waals surface area contributed by atoms with Crippen molar-refractivity contribution in [1.82, 2.24) is 5.32 Å². The van der Waals surface area contributed by atoms with Gasteiger partial charge in [-0.25, -0.2) is 9.59 Å². The summed E-state index contributed by atoms with van der Waals surface area (Å²) in [6, 6.07) is 7.71. The molecular weight excluding hydrogens is 318 g/mol. The summed E-state index contributed by atoms with van der Waals surface area (Å²) in [5, 5.41) is 2.51. The highest BCUT2D eigenvalue weighted by Gasteiger charge is 2.40. The fourth-order valence-electron chi connectivity index (χ4n) is 3.26. The van der Waals surface area contributed by atoms with Gasteiger partial charge in [-0.15, -0.1) is 0 Å². The molecule has 2 fully saturated rings. The Morgan fingerprint density at radius 1 is 1.20 bits per heavy atom. The van der Waals surface area contributed by atoms with E-state index in [-0.39, 0.29) is 14.1 Å². The maximum Gasteiger partial charge on any atom is 0.408 e. The van der Waals surface area contributed by atoms with E-state index < -0.39 is 18.1 Å². The Kier molecular flexibility index (Phi) is 7.29. The van der Waals surface area contributed by atoms with Crippen LogP contribution in [0.15, 0.2) is 24.3 Å². The third kappa shape index (κ3) is 5.21. The van der Waals surface area contributed by atoms with Gasteiger partial charge in [-0.3, -0.25) is 0 Å². The van der Waals surface area contributed by atoms with E-state index in [1.165, 1.54) is 37.7 Å². The largest absolute Gasteiger partial charge is 0.458 e. The van der Waals surface area contributed by atoms with Gasteiger partial charge in [0.25, 0.3) is 0 Å². The molecule has 2 aliphatic rings. The quantitative estimate of drug-likeness (QED) is 0.810.